The SMILES string of the molecule is CC(=O)N[C@@H](C(=O)NNC(=O)[C@@H]1CCCN(S(=O)(=O)c2ccc(C)cc2)C1)C(C)C. The van der Waals surface area contributed by atoms with Crippen LogP contribution < -0.4 is 16.2 Å². The highest BCUT2D eigenvalue weighted by Gasteiger charge is 2.33. The van der Waals surface area contributed by atoms with Crippen LogP contribution in [0.4, 0.5) is 0 Å². The predicted octanol–water partition coefficient (Wildman–Crippen LogP) is 0.704. The van der Waals surface area contributed by atoms with Crippen LogP contribution in [0.1, 0.15) is 39.2 Å². The van der Waals surface area contributed by atoms with Crippen molar-refractivity contribution in [3.63, 3.8) is 0 Å². The van der Waals surface area contributed by atoms with Crippen molar-refractivity contribution in [2.75, 3.05) is 13.1 Å². The molecule has 3 amide bonds. The van der Waals surface area contributed by atoms with Crippen LogP contribution in [-0.2, 0) is 24.4 Å². The first-order valence-corrected chi connectivity index (χ1v) is 11.4. The number of rotatable bonds is 6. The van der Waals surface area contributed by atoms with Gasteiger partial charge in [-0.15, -0.1) is 0 Å². The fraction of sp³-hybridized carbons (Fsp3) is 0.550. The molecule has 1 heterocycles. The molecular formula is C20H30N4O5S. The summed E-state index contributed by atoms with van der Waals surface area (Å²) in [4.78, 5) is 36.3. The Balaban J connectivity index is 1.99. The highest BCUT2D eigenvalue weighted by Crippen LogP contribution is 2.24. The Labute approximate surface area is 177 Å². The Morgan fingerprint density at radius 2 is 1.73 bits per heavy atom. The number of hydrogen-bond donors (Lipinski definition) is 3. The number of hydrogen-bond acceptors (Lipinski definition) is 5. The van der Waals surface area contributed by atoms with E-state index in [1.54, 1.807) is 38.1 Å². The van der Waals surface area contributed by atoms with Crippen LogP contribution in [0, 0.1) is 18.8 Å². The van der Waals surface area contributed by atoms with Gasteiger partial charge in [-0.1, -0.05) is 31.5 Å². The highest BCUT2D eigenvalue weighted by molar-refractivity contribution is 7.89. The van der Waals surface area contributed by atoms with E-state index in [0.717, 1.165) is 5.56 Å². The van der Waals surface area contributed by atoms with E-state index in [2.05, 4.69) is 16.2 Å². The van der Waals surface area contributed by atoms with Gasteiger partial charge in [0.2, 0.25) is 21.8 Å². The second-order valence-corrected chi connectivity index (χ2v) is 9.85. The maximum atomic E-state index is 12.9. The molecule has 0 unspecified atom stereocenters. The minimum Gasteiger partial charge on any atom is -0.344 e. The summed E-state index contributed by atoms with van der Waals surface area (Å²) in [6, 6.07) is 5.80. The van der Waals surface area contributed by atoms with Gasteiger partial charge in [0, 0.05) is 20.0 Å². The minimum absolute atomic E-state index is 0.0389. The third kappa shape index (κ3) is 6.02. The van der Waals surface area contributed by atoms with Crippen molar-refractivity contribution in [1.29, 1.82) is 0 Å². The van der Waals surface area contributed by atoms with Gasteiger partial charge in [-0.25, -0.2) is 8.42 Å². The van der Waals surface area contributed by atoms with E-state index < -0.39 is 33.8 Å². The van der Waals surface area contributed by atoms with Gasteiger partial charge >= 0.3 is 0 Å². The van der Waals surface area contributed by atoms with E-state index in [1.165, 1.54) is 11.2 Å². The summed E-state index contributed by atoms with van der Waals surface area (Å²) in [5, 5.41) is 2.54. The Morgan fingerprint density at radius 1 is 1.10 bits per heavy atom. The van der Waals surface area contributed by atoms with Gasteiger partial charge in [-0.3, -0.25) is 25.2 Å². The van der Waals surface area contributed by atoms with Crippen LogP contribution in [0.25, 0.3) is 0 Å². The average Bonchev–Trinajstić information content (AvgIpc) is 2.70. The molecule has 0 radical (unpaired) electrons. The molecule has 0 aromatic heterocycles. The van der Waals surface area contributed by atoms with Gasteiger partial charge in [0.15, 0.2) is 0 Å². The molecule has 2 atom stereocenters. The number of amides is 3. The van der Waals surface area contributed by atoms with E-state index >= 15 is 0 Å². The number of aryl methyl sites for hydroxylation is 1. The van der Waals surface area contributed by atoms with Crippen molar-refractivity contribution in [2.45, 2.75) is 51.5 Å². The van der Waals surface area contributed by atoms with Crippen LogP contribution in [0.2, 0.25) is 0 Å². The average molecular weight is 439 g/mol. The molecule has 1 aromatic rings. The molecule has 9 nitrogen and oxygen atoms in total. The number of hydrazine groups is 1. The molecule has 3 N–H and O–H groups in total. The number of carbonyl (C=O) groups excluding carboxylic acids is 3. The Hall–Kier alpha value is -2.46. The minimum atomic E-state index is -3.70. The number of nitrogens with one attached hydrogen (secondary N) is 3. The smallest absolute Gasteiger partial charge is 0.261 e. The summed E-state index contributed by atoms with van der Waals surface area (Å²) in [6.07, 6.45) is 1.05. The van der Waals surface area contributed by atoms with Crippen LogP contribution in [-0.4, -0.2) is 49.6 Å². The summed E-state index contributed by atoms with van der Waals surface area (Å²) in [5.41, 5.74) is 5.66. The van der Waals surface area contributed by atoms with Gasteiger partial charge < -0.3 is 5.32 Å². The third-order valence-electron chi connectivity index (χ3n) is 5.03. The summed E-state index contributed by atoms with van der Waals surface area (Å²) in [6.45, 7) is 7.11. The molecule has 1 fully saturated rings. The number of benzene rings is 1. The molecular weight excluding hydrogens is 408 g/mol. The summed E-state index contributed by atoms with van der Waals surface area (Å²) in [7, 11) is -3.70. The molecule has 166 valence electrons. The van der Waals surface area contributed by atoms with Gasteiger partial charge in [0.05, 0.1) is 10.8 Å². The van der Waals surface area contributed by atoms with Crippen molar-refractivity contribution in [2.24, 2.45) is 11.8 Å². The van der Waals surface area contributed by atoms with Crippen LogP contribution in [0.15, 0.2) is 29.2 Å². The molecule has 1 aliphatic heterocycles. The second kappa shape index (κ2) is 10.0. The monoisotopic (exact) mass is 438 g/mol. The fourth-order valence-electron chi connectivity index (χ4n) is 3.29. The second-order valence-electron chi connectivity index (χ2n) is 7.92. The quantitative estimate of drug-likeness (QED) is 0.564. The molecule has 30 heavy (non-hydrogen) atoms. The molecule has 0 spiro atoms. The van der Waals surface area contributed by atoms with Crippen LogP contribution in [0.5, 0.6) is 0 Å². The number of nitrogens with zero attached hydrogens (tertiary/aromatic N) is 1. The maximum absolute atomic E-state index is 12.9. The van der Waals surface area contributed by atoms with E-state index in [9.17, 15) is 22.8 Å². The largest absolute Gasteiger partial charge is 0.344 e. The van der Waals surface area contributed by atoms with Crippen molar-refractivity contribution in [3.8, 4) is 0 Å². The van der Waals surface area contributed by atoms with Crippen molar-refractivity contribution >= 4 is 27.7 Å². The highest BCUT2D eigenvalue weighted by atomic mass is 32.2. The lowest BCUT2D eigenvalue weighted by Crippen LogP contribution is -2.56. The van der Waals surface area contributed by atoms with Gasteiger partial charge in [-0.2, -0.15) is 4.31 Å². The molecule has 0 saturated carbocycles. The molecule has 0 bridgehead atoms. The van der Waals surface area contributed by atoms with Crippen molar-refractivity contribution in [3.05, 3.63) is 29.8 Å². The van der Waals surface area contributed by atoms with Crippen molar-refractivity contribution < 1.29 is 22.8 Å². The molecule has 1 aromatic carbocycles. The zero-order valence-electron chi connectivity index (χ0n) is 17.8. The van der Waals surface area contributed by atoms with E-state index in [1.807, 2.05) is 6.92 Å². The van der Waals surface area contributed by atoms with Crippen LogP contribution >= 0.6 is 0 Å². The Bertz CT molecular complexity index is 883. The fourth-order valence-corrected chi connectivity index (χ4v) is 4.81. The zero-order chi connectivity index (χ0) is 22.5. The standard InChI is InChI=1S/C20H30N4O5S/c1-13(2)18(21-15(4)25)20(27)23-22-19(26)16-6-5-11-24(12-16)30(28,29)17-9-7-14(3)8-10-17/h7-10,13,16,18H,5-6,11-12H2,1-4H3,(H,21,25)(H,22,26)(H,23,27)/t16-,18-/m1/s1. The summed E-state index contributed by atoms with van der Waals surface area (Å²) >= 11 is 0. The normalized spacial score (nSPS) is 18.5. The van der Waals surface area contributed by atoms with E-state index in [0.29, 0.717) is 19.4 Å². The topological polar surface area (TPSA) is 125 Å². The lowest BCUT2D eigenvalue weighted by molar-refractivity contribution is -0.134. The van der Waals surface area contributed by atoms with Crippen molar-refractivity contribution in [1.82, 2.24) is 20.5 Å². The Kier molecular flexibility index (Phi) is 7.96. The number of sulfonamides is 1. The molecule has 1 aliphatic rings. The molecule has 0 aliphatic carbocycles. The maximum Gasteiger partial charge on any atom is 0.261 e. The third-order valence-corrected chi connectivity index (χ3v) is 6.91. The Morgan fingerprint density at radius 3 is 2.30 bits per heavy atom. The number of piperidine rings is 1. The lowest BCUT2D eigenvalue weighted by Gasteiger charge is -2.31. The molecule has 10 heteroatoms. The van der Waals surface area contributed by atoms with E-state index in [4.69, 9.17) is 0 Å². The van der Waals surface area contributed by atoms with E-state index in [-0.39, 0.29) is 23.3 Å². The molecule has 2 rings (SSSR count). The molecule has 1 saturated heterocycles. The lowest BCUT2D eigenvalue weighted by atomic mass is 9.99. The number of carbonyl (C=O) groups is 3. The first kappa shape index (κ1) is 23.8. The van der Waals surface area contributed by atoms with Crippen LogP contribution in [0.3, 0.4) is 0 Å². The zero-order valence-corrected chi connectivity index (χ0v) is 18.6. The van der Waals surface area contributed by atoms with Gasteiger partial charge in [-0.05, 0) is 37.8 Å². The first-order valence-electron chi connectivity index (χ1n) is 9.96. The van der Waals surface area contributed by atoms with Gasteiger partial charge in [0.25, 0.3) is 5.91 Å². The summed E-state index contributed by atoms with van der Waals surface area (Å²) in [5.74, 6) is -2.10. The first-order chi connectivity index (χ1) is 14.0. The van der Waals surface area contributed by atoms with Gasteiger partial charge in [0.1, 0.15) is 6.04 Å². The predicted molar refractivity (Wildman–Crippen MR) is 111 cm³/mol. The summed E-state index contributed by atoms with van der Waals surface area (Å²) < 4.78 is 27.1.